The van der Waals surface area contributed by atoms with E-state index < -0.39 is 11.7 Å². The molecule has 0 fully saturated rings. The Morgan fingerprint density at radius 1 is 1.33 bits per heavy atom. The van der Waals surface area contributed by atoms with Gasteiger partial charge in [-0.15, -0.1) is 0 Å². The first-order valence-corrected chi connectivity index (χ1v) is 4.63. The van der Waals surface area contributed by atoms with Crippen LogP contribution >= 0.6 is 11.6 Å². The molecule has 0 saturated heterocycles. The fourth-order valence-electron chi connectivity index (χ4n) is 1.04. The van der Waals surface area contributed by atoms with Gasteiger partial charge in [-0.3, -0.25) is 0 Å². The van der Waals surface area contributed by atoms with Crippen LogP contribution < -0.4 is 11.1 Å². The van der Waals surface area contributed by atoms with Crippen LogP contribution in [0.25, 0.3) is 0 Å². The summed E-state index contributed by atoms with van der Waals surface area (Å²) in [4.78, 5) is 0. The van der Waals surface area contributed by atoms with Gasteiger partial charge in [0.15, 0.2) is 0 Å². The van der Waals surface area contributed by atoms with Gasteiger partial charge in [0.25, 0.3) is 0 Å². The largest absolute Gasteiger partial charge is 0.416 e. The molecule has 3 N–H and O–H groups in total. The molecule has 0 aliphatic carbocycles. The van der Waals surface area contributed by atoms with Gasteiger partial charge in [0.05, 0.1) is 16.3 Å². The molecule has 0 spiro atoms. The zero-order chi connectivity index (χ0) is 11.5. The molecule has 1 aromatic rings. The Hall–Kier alpha value is -0.940. The average Bonchev–Trinajstić information content (AvgIpc) is 2.14. The molecule has 0 saturated carbocycles. The monoisotopic (exact) mass is 238 g/mol. The third-order valence-corrected chi connectivity index (χ3v) is 2.07. The van der Waals surface area contributed by atoms with Crippen molar-refractivity contribution in [3.05, 3.63) is 28.8 Å². The van der Waals surface area contributed by atoms with E-state index in [1.54, 1.807) is 0 Å². The molecule has 0 atom stereocenters. The molecule has 2 nitrogen and oxygen atoms in total. The van der Waals surface area contributed by atoms with Crippen LogP contribution in [0.4, 0.5) is 18.9 Å². The maximum absolute atomic E-state index is 12.3. The summed E-state index contributed by atoms with van der Waals surface area (Å²) in [5, 5.41) is 2.86. The molecule has 6 heteroatoms. The first-order chi connectivity index (χ1) is 6.95. The molecule has 84 valence electrons. The van der Waals surface area contributed by atoms with Gasteiger partial charge in [-0.05, 0) is 18.2 Å². The van der Waals surface area contributed by atoms with Gasteiger partial charge in [0.2, 0.25) is 0 Å². The lowest BCUT2D eigenvalue weighted by atomic mass is 10.2. The molecular weight excluding hydrogens is 229 g/mol. The number of hydrogen-bond acceptors (Lipinski definition) is 2. The van der Waals surface area contributed by atoms with Crippen molar-refractivity contribution in [1.29, 1.82) is 0 Å². The Morgan fingerprint density at radius 2 is 2.00 bits per heavy atom. The Balaban J connectivity index is 2.88. The molecular formula is C9H10ClF3N2. The van der Waals surface area contributed by atoms with E-state index >= 15 is 0 Å². The summed E-state index contributed by atoms with van der Waals surface area (Å²) >= 11 is 5.67. The van der Waals surface area contributed by atoms with E-state index in [2.05, 4.69) is 5.32 Å². The molecule has 0 bridgehead atoms. The number of nitrogens with one attached hydrogen (secondary N) is 1. The van der Waals surface area contributed by atoms with Crippen LogP contribution in [-0.4, -0.2) is 13.1 Å². The molecule has 0 aliphatic rings. The lowest BCUT2D eigenvalue weighted by Crippen LogP contribution is -2.13. The van der Waals surface area contributed by atoms with E-state index in [1.807, 2.05) is 0 Å². The standard InChI is InChI=1S/C9H10ClF3N2/c10-7-5-6(9(11,12)13)1-2-8(7)15-4-3-14/h1-2,5,15H,3-4,14H2. The third kappa shape index (κ3) is 3.28. The van der Waals surface area contributed by atoms with Crippen molar-refractivity contribution in [2.75, 3.05) is 18.4 Å². The van der Waals surface area contributed by atoms with Gasteiger partial charge in [0, 0.05) is 13.1 Å². The van der Waals surface area contributed by atoms with Gasteiger partial charge in [-0.1, -0.05) is 11.6 Å². The number of anilines is 1. The van der Waals surface area contributed by atoms with E-state index in [-0.39, 0.29) is 5.02 Å². The Bertz CT molecular complexity index is 339. The van der Waals surface area contributed by atoms with E-state index in [0.717, 1.165) is 12.1 Å². The summed E-state index contributed by atoms with van der Waals surface area (Å²) in [7, 11) is 0. The predicted molar refractivity (Wildman–Crippen MR) is 54.0 cm³/mol. The SMILES string of the molecule is NCCNc1ccc(C(F)(F)F)cc1Cl. The van der Waals surface area contributed by atoms with Gasteiger partial charge >= 0.3 is 6.18 Å². The molecule has 0 amide bonds. The second-order valence-electron chi connectivity index (χ2n) is 2.91. The second kappa shape index (κ2) is 4.72. The zero-order valence-corrected chi connectivity index (χ0v) is 8.49. The maximum Gasteiger partial charge on any atom is 0.416 e. The van der Waals surface area contributed by atoms with Crippen molar-refractivity contribution < 1.29 is 13.2 Å². The fraction of sp³-hybridized carbons (Fsp3) is 0.333. The van der Waals surface area contributed by atoms with Crippen molar-refractivity contribution in [1.82, 2.24) is 0 Å². The molecule has 0 unspecified atom stereocenters. The molecule has 0 aliphatic heterocycles. The Kier molecular flexibility index (Phi) is 3.82. The Morgan fingerprint density at radius 3 is 2.47 bits per heavy atom. The maximum atomic E-state index is 12.3. The van der Waals surface area contributed by atoms with Crippen LogP contribution in [0.3, 0.4) is 0 Å². The highest BCUT2D eigenvalue weighted by Crippen LogP contribution is 2.33. The molecule has 0 radical (unpaired) electrons. The number of halogens is 4. The van der Waals surface area contributed by atoms with Crippen LogP contribution in [0.2, 0.25) is 5.02 Å². The summed E-state index contributed by atoms with van der Waals surface area (Å²) in [5.74, 6) is 0. The zero-order valence-electron chi connectivity index (χ0n) is 7.74. The van der Waals surface area contributed by atoms with Gasteiger partial charge in [-0.2, -0.15) is 13.2 Å². The first kappa shape index (κ1) is 12.1. The Labute approximate surface area is 90.2 Å². The van der Waals surface area contributed by atoms with Crippen molar-refractivity contribution in [2.24, 2.45) is 5.73 Å². The first-order valence-electron chi connectivity index (χ1n) is 4.26. The van der Waals surface area contributed by atoms with E-state index in [1.165, 1.54) is 6.07 Å². The minimum atomic E-state index is -4.37. The van der Waals surface area contributed by atoms with E-state index in [9.17, 15) is 13.2 Å². The molecule has 1 aromatic carbocycles. The number of benzene rings is 1. The fourth-order valence-corrected chi connectivity index (χ4v) is 1.29. The van der Waals surface area contributed by atoms with Crippen LogP contribution in [-0.2, 0) is 6.18 Å². The van der Waals surface area contributed by atoms with Crippen molar-refractivity contribution in [2.45, 2.75) is 6.18 Å². The lowest BCUT2D eigenvalue weighted by Gasteiger charge is -2.10. The van der Waals surface area contributed by atoms with Crippen molar-refractivity contribution in [3.63, 3.8) is 0 Å². The van der Waals surface area contributed by atoms with Crippen LogP contribution in [0.5, 0.6) is 0 Å². The normalized spacial score (nSPS) is 11.5. The van der Waals surface area contributed by atoms with E-state index in [4.69, 9.17) is 17.3 Å². The average molecular weight is 239 g/mol. The molecule has 0 heterocycles. The molecule has 15 heavy (non-hydrogen) atoms. The smallest absolute Gasteiger partial charge is 0.383 e. The minimum Gasteiger partial charge on any atom is -0.383 e. The molecule has 0 aromatic heterocycles. The van der Waals surface area contributed by atoms with Gasteiger partial charge in [0.1, 0.15) is 0 Å². The highest BCUT2D eigenvalue weighted by Gasteiger charge is 2.30. The van der Waals surface area contributed by atoms with Crippen LogP contribution in [0.1, 0.15) is 5.56 Å². The summed E-state index contributed by atoms with van der Waals surface area (Å²) in [6.45, 7) is 0.850. The lowest BCUT2D eigenvalue weighted by molar-refractivity contribution is -0.137. The highest BCUT2D eigenvalue weighted by atomic mass is 35.5. The summed E-state index contributed by atoms with van der Waals surface area (Å²) < 4.78 is 36.8. The number of hydrogen-bond donors (Lipinski definition) is 2. The summed E-state index contributed by atoms with van der Waals surface area (Å²) in [6.07, 6.45) is -4.37. The van der Waals surface area contributed by atoms with E-state index in [0.29, 0.717) is 18.8 Å². The van der Waals surface area contributed by atoms with Crippen LogP contribution in [0.15, 0.2) is 18.2 Å². The number of alkyl halides is 3. The second-order valence-corrected chi connectivity index (χ2v) is 3.32. The predicted octanol–water partition coefficient (Wildman–Crippen LogP) is 2.73. The third-order valence-electron chi connectivity index (χ3n) is 1.76. The quantitative estimate of drug-likeness (QED) is 0.850. The highest BCUT2D eigenvalue weighted by molar-refractivity contribution is 6.33. The minimum absolute atomic E-state index is 0.0401. The van der Waals surface area contributed by atoms with Crippen molar-refractivity contribution >= 4 is 17.3 Å². The van der Waals surface area contributed by atoms with Gasteiger partial charge in [-0.25, -0.2) is 0 Å². The van der Waals surface area contributed by atoms with Gasteiger partial charge < -0.3 is 11.1 Å². The summed E-state index contributed by atoms with van der Waals surface area (Å²) in [6, 6.07) is 3.16. The van der Waals surface area contributed by atoms with Crippen molar-refractivity contribution in [3.8, 4) is 0 Å². The topological polar surface area (TPSA) is 38.0 Å². The summed E-state index contributed by atoms with van der Waals surface area (Å²) in [5.41, 5.74) is 4.94. The number of nitrogens with two attached hydrogens (primary N) is 1. The van der Waals surface area contributed by atoms with Crippen LogP contribution in [0, 0.1) is 0 Å². The molecule has 1 rings (SSSR count). The number of rotatable bonds is 3.